The van der Waals surface area contributed by atoms with Crippen molar-refractivity contribution in [2.24, 2.45) is 0 Å². The molecule has 170 valence electrons. The van der Waals surface area contributed by atoms with E-state index in [1.165, 1.54) is 24.5 Å². The van der Waals surface area contributed by atoms with E-state index in [2.05, 4.69) is 9.71 Å². The van der Waals surface area contributed by atoms with Crippen molar-refractivity contribution in [1.29, 1.82) is 0 Å². The zero-order valence-electron chi connectivity index (χ0n) is 16.0. The zero-order valence-corrected chi connectivity index (χ0v) is 18.3. The molecule has 1 aliphatic heterocycles. The molecule has 2 amide bonds. The smallest absolute Gasteiger partial charge is 0.279 e. The number of hydrogen-bond acceptors (Lipinski definition) is 5. The van der Waals surface area contributed by atoms with Crippen LogP contribution in [0.1, 0.15) is 26.3 Å². The number of hydrogen-bond donors (Lipinski definition) is 1. The topological polar surface area (TPSA) is 96.4 Å². The highest BCUT2D eigenvalue weighted by atomic mass is 35.5. The van der Waals surface area contributed by atoms with Crippen LogP contribution in [0.5, 0.6) is 0 Å². The van der Waals surface area contributed by atoms with E-state index in [-0.39, 0.29) is 32.5 Å². The van der Waals surface area contributed by atoms with Gasteiger partial charge in [-0.05, 0) is 36.4 Å². The number of rotatable bonds is 4. The number of anilines is 2. The first-order valence-corrected chi connectivity index (χ1v) is 11.2. The van der Waals surface area contributed by atoms with E-state index in [1.807, 2.05) is 0 Å². The number of imide groups is 1. The van der Waals surface area contributed by atoms with Crippen LogP contribution < -0.4 is 9.62 Å². The molecule has 1 N–H and O–H groups in total. The highest BCUT2D eigenvalue weighted by Gasteiger charge is 2.41. The van der Waals surface area contributed by atoms with Gasteiger partial charge in [-0.15, -0.1) is 0 Å². The third kappa shape index (κ3) is 4.14. The predicted octanol–water partition coefficient (Wildman–Crippen LogP) is 5.01. The minimum absolute atomic E-state index is 0.0245. The van der Waals surface area contributed by atoms with Gasteiger partial charge in [0.1, 0.15) is 0 Å². The summed E-state index contributed by atoms with van der Waals surface area (Å²) in [5, 5.41) is 0.0171. The van der Waals surface area contributed by atoms with E-state index < -0.39 is 38.5 Å². The molecule has 13 heteroatoms. The summed E-state index contributed by atoms with van der Waals surface area (Å²) in [5.74, 6) is -1.76. The van der Waals surface area contributed by atoms with Gasteiger partial charge in [-0.25, -0.2) is 13.3 Å². The van der Waals surface area contributed by atoms with Gasteiger partial charge in [0.05, 0.1) is 49.2 Å². The molecule has 0 aliphatic carbocycles. The molecule has 0 radical (unpaired) electrons. The third-order valence-corrected chi connectivity index (χ3v) is 6.54. The third-order valence-electron chi connectivity index (χ3n) is 4.65. The molecule has 4 rings (SSSR count). The molecule has 0 unspecified atom stereocenters. The Hall–Kier alpha value is -3.15. The van der Waals surface area contributed by atoms with E-state index in [1.54, 1.807) is 0 Å². The van der Waals surface area contributed by atoms with E-state index >= 15 is 0 Å². The number of benzene rings is 2. The highest BCUT2D eigenvalue weighted by molar-refractivity contribution is 7.92. The number of nitrogens with zero attached hydrogens (tertiary/aromatic N) is 2. The van der Waals surface area contributed by atoms with E-state index in [4.69, 9.17) is 23.2 Å². The fraction of sp³-hybridized carbons (Fsp3) is 0.0500. The largest absolute Gasteiger partial charge is 0.416 e. The molecule has 1 aromatic heterocycles. The Balaban J connectivity index is 1.78. The number of fused-ring (bicyclic) bond motifs is 1. The van der Waals surface area contributed by atoms with Crippen LogP contribution in [0.3, 0.4) is 0 Å². The van der Waals surface area contributed by atoms with Crippen LogP contribution in [-0.4, -0.2) is 25.2 Å². The maximum Gasteiger partial charge on any atom is 0.416 e. The summed E-state index contributed by atoms with van der Waals surface area (Å²) in [6.07, 6.45) is -2.28. The molecule has 7 nitrogen and oxygen atoms in total. The fourth-order valence-electron chi connectivity index (χ4n) is 3.21. The first-order chi connectivity index (χ1) is 15.4. The average Bonchev–Trinajstić information content (AvgIpc) is 3.01. The Bertz CT molecular complexity index is 1430. The number of nitrogens with one attached hydrogen (secondary N) is 1. The number of carbonyl (C=O) groups excluding carboxylic acids is 2. The monoisotopic (exact) mass is 515 g/mol. The zero-order chi connectivity index (χ0) is 24.1. The molecule has 33 heavy (non-hydrogen) atoms. The minimum atomic E-state index is -4.76. The van der Waals surface area contributed by atoms with Crippen molar-refractivity contribution in [1.82, 2.24) is 4.98 Å². The van der Waals surface area contributed by atoms with Gasteiger partial charge in [0, 0.05) is 6.20 Å². The van der Waals surface area contributed by atoms with Crippen LogP contribution in [0.25, 0.3) is 0 Å². The number of pyridine rings is 1. The lowest BCUT2D eigenvalue weighted by Crippen LogP contribution is -2.29. The number of alkyl halides is 3. The molecule has 0 fully saturated rings. The van der Waals surface area contributed by atoms with Gasteiger partial charge >= 0.3 is 6.18 Å². The molecule has 0 spiro atoms. The van der Waals surface area contributed by atoms with Crippen molar-refractivity contribution >= 4 is 56.4 Å². The second-order valence-corrected chi connectivity index (χ2v) is 9.31. The van der Waals surface area contributed by atoms with Crippen LogP contribution in [0, 0.1) is 0 Å². The highest BCUT2D eigenvalue weighted by Crippen LogP contribution is 2.38. The molecular formula is C20H10Cl2F3N3O4S. The first-order valence-electron chi connectivity index (χ1n) is 8.92. The molecule has 0 saturated carbocycles. The second kappa shape index (κ2) is 8.01. The summed E-state index contributed by atoms with van der Waals surface area (Å²) in [6.45, 7) is 0. The minimum Gasteiger partial charge on any atom is -0.279 e. The average molecular weight is 516 g/mol. The van der Waals surface area contributed by atoms with Crippen molar-refractivity contribution in [3.63, 3.8) is 0 Å². The lowest BCUT2D eigenvalue weighted by atomic mass is 10.1. The van der Waals surface area contributed by atoms with Crippen molar-refractivity contribution in [3.05, 3.63) is 81.6 Å². The van der Waals surface area contributed by atoms with Crippen LogP contribution in [0.4, 0.5) is 24.5 Å². The lowest BCUT2D eigenvalue weighted by molar-refractivity contribution is -0.137. The second-order valence-electron chi connectivity index (χ2n) is 6.78. The van der Waals surface area contributed by atoms with Crippen LogP contribution >= 0.6 is 23.2 Å². The molecule has 1 aliphatic rings. The Labute approximate surface area is 194 Å². The normalized spacial score (nSPS) is 13.9. The van der Waals surface area contributed by atoms with Gasteiger partial charge in [0.2, 0.25) is 0 Å². The Morgan fingerprint density at radius 1 is 0.939 bits per heavy atom. The Morgan fingerprint density at radius 3 is 2.30 bits per heavy atom. The first kappa shape index (κ1) is 23.0. The number of sulfonamides is 1. The lowest BCUT2D eigenvalue weighted by Gasteiger charge is -2.14. The van der Waals surface area contributed by atoms with Crippen LogP contribution in [0.2, 0.25) is 10.0 Å². The molecule has 0 saturated heterocycles. The van der Waals surface area contributed by atoms with Crippen molar-refractivity contribution < 1.29 is 31.2 Å². The molecule has 3 aromatic rings. The maximum absolute atomic E-state index is 13.1. The Morgan fingerprint density at radius 2 is 1.64 bits per heavy atom. The van der Waals surface area contributed by atoms with Crippen LogP contribution in [0.15, 0.2) is 59.8 Å². The summed E-state index contributed by atoms with van der Waals surface area (Å²) >= 11 is 12.0. The van der Waals surface area contributed by atoms with Crippen molar-refractivity contribution in [3.8, 4) is 0 Å². The number of aromatic nitrogens is 1. The molecule has 2 heterocycles. The van der Waals surface area contributed by atoms with Gasteiger partial charge in [-0.2, -0.15) is 13.2 Å². The van der Waals surface area contributed by atoms with Gasteiger partial charge in [0.15, 0.2) is 0 Å². The van der Waals surface area contributed by atoms with Gasteiger partial charge in [-0.3, -0.25) is 19.3 Å². The quantitative estimate of drug-likeness (QED) is 0.492. The maximum atomic E-state index is 13.1. The molecular weight excluding hydrogens is 506 g/mol. The van der Waals surface area contributed by atoms with E-state index in [0.29, 0.717) is 6.07 Å². The standard InChI is InChI=1S/C20H10Cl2F3N3O4S/c21-11-7-12(9-26-8-11)28-18(29)16-14(22)4-5-15(17(16)19(28)30)27-33(31,32)13-3-1-2-10(6-13)20(23,24)25/h1-9,27H. The molecule has 0 atom stereocenters. The van der Waals surface area contributed by atoms with E-state index in [9.17, 15) is 31.2 Å². The number of halogens is 5. The summed E-state index contributed by atoms with van der Waals surface area (Å²) < 4.78 is 66.7. The summed E-state index contributed by atoms with van der Waals surface area (Å²) in [4.78, 5) is 29.9. The van der Waals surface area contributed by atoms with Gasteiger partial charge in [-0.1, -0.05) is 29.3 Å². The van der Waals surface area contributed by atoms with Crippen molar-refractivity contribution in [2.75, 3.05) is 9.62 Å². The molecule has 2 aromatic carbocycles. The molecule has 0 bridgehead atoms. The van der Waals surface area contributed by atoms with E-state index in [0.717, 1.165) is 29.2 Å². The number of amides is 2. The SMILES string of the molecule is O=C1c2c(Cl)ccc(NS(=O)(=O)c3cccc(C(F)(F)F)c3)c2C(=O)N1c1cncc(Cl)c1. The summed E-state index contributed by atoms with van der Waals surface area (Å²) in [7, 11) is -4.57. The number of carbonyl (C=O) groups is 2. The summed E-state index contributed by atoms with van der Waals surface area (Å²) in [5.41, 5.74) is -2.11. The Kier molecular flexibility index (Phi) is 5.59. The van der Waals surface area contributed by atoms with Crippen molar-refractivity contribution in [2.45, 2.75) is 11.1 Å². The fourth-order valence-corrected chi connectivity index (χ4v) is 4.73. The van der Waals surface area contributed by atoms with Gasteiger partial charge in [0.25, 0.3) is 21.8 Å². The van der Waals surface area contributed by atoms with Crippen LogP contribution in [-0.2, 0) is 16.2 Å². The summed E-state index contributed by atoms with van der Waals surface area (Å²) in [6, 6.07) is 6.70. The predicted molar refractivity (Wildman–Crippen MR) is 114 cm³/mol. The van der Waals surface area contributed by atoms with Gasteiger partial charge < -0.3 is 0 Å².